The summed E-state index contributed by atoms with van der Waals surface area (Å²) in [5.41, 5.74) is 0.730. The van der Waals surface area contributed by atoms with E-state index >= 15 is 0 Å². The number of rotatable bonds is 7. The number of nitrogens with zero attached hydrogens (tertiary/aromatic N) is 1. The first-order valence-electron chi connectivity index (χ1n) is 8.31. The van der Waals surface area contributed by atoms with Crippen molar-refractivity contribution < 1.29 is 21.6 Å². The summed E-state index contributed by atoms with van der Waals surface area (Å²) in [5.74, 6) is -0.422. The lowest BCUT2D eigenvalue weighted by Gasteiger charge is -2.18. The Morgan fingerprint density at radius 1 is 0.852 bits per heavy atom. The molecule has 2 rings (SSSR count). The number of benzene rings is 2. The van der Waals surface area contributed by atoms with Gasteiger partial charge in [-0.15, -0.1) is 0 Å². The number of carbonyl (C=O) groups excluding carboxylic acids is 1. The quantitative estimate of drug-likeness (QED) is 0.755. The molecule has 2 aromatic carbocycles. The predicted octanol–water partition coefficient (Wildman–Crippen LogP) is 2.37. The zero-order valence-corrected chi connectivity index (χ0v) is 17.0. The average molecular weight is 411 g/mol. The summed E-state index contributed by atoms with van der Waals surface area (Å²) in [4.78, 5) is 12.6. The highest BCUT2D eigenvalue weighted by Gasteiger charge is 2.21. The Morgan fingerprint density at radius 3 is 1.78 bits per heavy atom. The lowest BCUT2D eigenvalue weighted by atomic mass is 10.2. The SMILES string of the molecule is CCN(CC)S(=O)(=O)c1ccc(C(=O)Nc2ccc(S(C)(=O)=O)cc2)cc1. The van der Waals surface area contributed by atoms with Crippen LogP contribution in [0.5, 0.6) is 0 Å². The van der Waals surface area contributed by atoms with Gasteiger partial charge in [0.1, 0.15) is 0 Å². The van der Waals surface area contributed by atoms with Crippen molar-refractivity contribution in [3.63, 3.8) is 0 Å². The molecule has 0 saturated carbocycles. The minimum absolute atomic E-state index is 0.125. The molecule has 1 N–H and O–H groups in total. The van der Waals surface area contributed by atoms with E-state index in [1.807, 2.05) is 0 Å². The second-order valence-electron chi connectivity index (χ2n) is 5.86. The highest BCUT2D eigenvalue weighted by atomic mass is 32.2. The fraction of sp³-hybridized carbons (Fsp3) is 0.278. The first-order valence-corrected chi connectivity index (χ1v) is 11.6. The molecule has 0 aliphatic rings. The maximum Gasteiger partial charge on any atom is 0.255 e. The third-order valence-corrected chi connectivity index (χ3v) is 7.19. The van der Waals surface area contributed by atoms with Crippen LogP contribution >= 0.6 is 0 Å². The monoisotopic (exact) mass is 410 g/mol. The van der Waals surface area contributed by atoms with Crippen molar-refractivity contribution in [2.45, 2.75) is 23.6 Å². The second-order valence-corrected chi connectivity index (χ2v) is 9.82. The zero-order valence-electron chi connectivity index (χ0n) is 15.3. The lowest BCUT2D eigenvalue weighted by molar-refractivity contribution is 0.102. The number of nitrogens with one attached hydrogen (secondary N) is 1. The minimum atomic E-state index is -3.58. The number of amides is 1. The fourth-order valence-corrected chi connectivity index (χ4v) is 4.57. The topological polar surface area (TPSA) is 101 Å². The van der Waals surface area contributed by atoms with E-state index in [0.717, 1.165) is 6.26 Å². The first-order chi connectivity index (χ1) is 12.6. The van der Waals surface area contributed by atoms with Gasteiger partial charge in [-0.1, -0.05) is 13.8 Å². The molecule has 0 unspecified atom stereocenters. The number of anilines is 1. The van der Waals surface area contributed by atoms with Gasteiger partial charge in [-0.2, -0.15) is 4.31 Å². The smallest absolute Gasteiger partial charge is 0.255 e. The molecule has 0 atom stereocenters. The van der Waals surface area contributed by atoms with Gasteiger partial charge < -0.3 is 5.32 Å². The first kappa shape index (κ1) is 21.1. The van der Waals surface area contributed by atoms with Gasteiger partial charge >= 0.3 is 0 Å². The van der Waals surface area contributed by atoms with Gasteiger partial charge in [-0.3, -0.25) is 4.79 Å². The van der Waals surface area contributed by atoms with Crippen LogP contribution in [0.2, 0.25) is 0 Å². The molecule has 0 bridgehead atoms. The van der Waals surface area contributed by atoms with Gasteiger partial charge in [0.2, 0.25) is 10.0 Å². The van der Waals surface area contributed by atoms with Crippen molar-refractivity contribution in [2.75, 3.05) is 24.7 Å². The number of hydrogen-bond acceptors (Lipinski definition) is 5. The van der Waals surface area contributed by atoms with E-state index < -0.39 is 25.8 Å². The molecule has 0 spiro atoms. The van der Waals surface area contributed by atoms with Crippen LogP contribution in [0.15, 0.2) is 58.3 Å². The largest absolute Gasteiger partial charge is 0.322 e. The van der Waals surface area contributed by atoms with Crippen LogP contribution in [0, 0.1) is 0 Å². The maximum absolute atomic E-state index is 12.5. The highest BCUT2D eigenvalue weighted by molar-refractivity contribution is 7.90. The Morgan fingerprint density at radius 2 is 1.33 bits per heavy atom. The standard InChI is InChI=1S/C18H22N2O5S2/c1-4-20(5-2)27(24,25)17-10-6-14(7-11-17)18(21)19-15-8-12-16(13-9-15)26(3,22)23/h6-13H,4-5H2,1-3H3,(H,19,21). The summed E-state index contributed by atoms with van der Waals surface area (Å²) in [7, 11) is -6.88. The van der Waals surface area contributed by atoms with Gasteiger partial charge in [0.25, 0.3) is 5.91 Å². The molecule has 0 aliphatic carbocycles. The molecule has 27 heavy (non-hydrogen) atoms. The second kappa shape index (κ2) is 8.20. The molecule has 7 nitrogen and oxygen atoms in total. The summed E-state index contributed by atoms with van der Waals surface area (Å²) in [6.07, 6.45) is 1.11. The number of sulfonamides is 1. The number of hydrogen-bond donors (Lipinski definition) is 1. The van der Waals surface area contributed by atoms with Crippen LogP contribution in [-0.4, -0.2) is 46.4 Å². The summed E-state index contributed by atoms with van der Waals surface area (Å²) in [6, 6.07) is 11.5. The molecular weight excluding hydrogens is 388 g/mol. The van der Waals surface area contributed by atoms with E-state index in [1.165, 1.54) is 52.8 Å². The Hall–Kier alpha value is -2.23. The van der Waals surface area contributed by atoms with E-state index in [0.29, 0.717) is 24.3 Å². The zero-order chi connectivity index (χ0) is 20.2. The normalized spacial score (nSPS) is 12.1. The molecule has 2 aromatic rings. The van der Waals surface area contributed by atoms with Crippen LogP contribution in [0.1, 0.15) is 24.2 Å². The average Bonchev–Trinajstić information content (AvgIpc) is 2.62. The van der Waals surface area contributed by atoms with Crippen molar-refractivity contribution in [1.82, 2.24) is 4.31 Å². The molecule has 146 valence electrons. The van der Waals surface area contributed by atoms with Gasteiger partial charge in [0.15, 0.2) is 9.84 Å². The van der Waals surface area contributed by atoms with Crippen LogP contribution in [0.4, 0.5) is 5.69 Å². The predicted molar refractivity (Wildman–Crippen MR) is 104 cm³/mol. The van der Waals surface area contributed by atoms with Gasteiger partial charge in [0, 0.05) is 30.6 Å². The van der Waals surface area contributed by atoms with Gasteiger partial charge in [-0.25, -0.2) is 16.8 Å². The maximum atomic E-state index is 12.5. The van der Waals surface area contributed by atoms with Crippen LogP contribution in [-0.2, 0) is 19.9 Å². The van der Waals surface area contributed by atoms with Crippen LogP contribution < -0.4 is 5.32 Å². The molecule has 0 saturated heterocycles. The summed E-state index contributed by atoms with van der Waals surface area (Å²) >= 11 is 0. The van der Waals surface area contributed by atoms with Gasteiger partial charge in [-0.05, 0) is 48.5 Å². The van der Waals surface area contributed by atoms with E-state index in [1.54, 1.807) is 13.8 Å². The Bertz CT molecular complexity index is 1010. The minimum Gasteiger partial charge on any atom is -0.322 e. The summed E-state index contributed by atoms with van der Waals surface area (Å²) < 4.78 is 49.2. The molecule has 1 amide bonds. The van der Waals surface area contributed by atoms with Crippen molar-refractivity contribution in [2.24, 2.45) is 0 Å². The third-order valence-electron chi connectivity index (χ3n) is 4.00. The van der Waals surface area contributed by atoms with Crippen molar-refractivity contribution in [3.05, 3.63) is 54.1 Å². The molecule has 0 fully saturated rings. The van der Waals surface area contributed by atoms with Crippen molar-refractivity contribution in [1.29, 1.82) is 0 Å². The van der Waals surface area contributed by atoms with Crippen LogP contribution in [0.3, 0.4) is 0 Å². The number of sulfone groups is 1. The molecule has 0 aromatic heterocycles. The van der Waals surface area contributed by atoms with Crippen molar-refractivity contribution >= 4 is 31.5 Å². The van der Waals surface area contributed by atoms with E-state index in [9.17, 15) is 21.6 Å². The van der Waals surface area contributed by atoms with E-state index in [2.05, 4.69) is 5.32 Å². The molecule has 0 aliphatic heterocycles. The molecule has 0 heterocycles. The molecule has 9 heteroatoms. The van der Waals surface area contributed by atoms with Crippen LogP contribution in [0.25, 0.3) is 0 Å². The Kier molecular flexibility index (Phi) is 6.40. The Balaban J connectivity index is 2.16. The third kappa shape index (κ3) is 4.94. The molecule has 0 radical (unpaired) electrons. The van der Waals surface area contributed by atoms with Crippen molar-refractivity contribution in [3.8, 4) is 0 Å². The Labute approximate surface area is 160 Å². The van der Waals surface area contributed by atoms with E-state index in [-0.39, 0.29) is 9.79 Å². The lowest BCUT2D eigenvalue weighted by Crippen LogP contribution is -2.30. The summed E-state index contributed by atoms with van der Waals surface area (Å²) in [5, 5.41) is 2.65. The summed E-state index contributed by atoms with van der Waals surface area (Å²) in [6.45, 7) is 4.25. The van der Waals surface area contributed by atoms with E-state index in [4.69, 9.17) is 0 Å². The fourth-order valence-electron chi connectivity index (χ4n) is 2.48. The highest BCUT2D eigenvalue weighted by Crippen LogP contribution is 2.18. The van der Waals surface area contributed by atoms with Gasteiger partial charge in [0.05, 0.1) is 9.79 Å². The number of carbonyl (C=O) groups is 1. The molecular formula is C18H22N2O5S2.